The maximum Gasteiger partial charge on any atom is 0.250 e. The summed E-state index contributed by atoms with van der Waals surface area (Å²) in [5.74, 6) is 0.619. The van der Waals surface area contributed by atoms with Crippen LogP contribution in [0.2, 0.25) is 5.02 Å². The van der Waals surface area contributed by atoms with Gasteiger partial charge in [-0.1, -0.05) is 43.0 Å². The van der Waals surface area contributed by atoms with E-state index in [0.717, 1.165) is 31.2 Å². The van der Waals surface area contributed by atoms with Crippen LogP contribution < -0.4 is 0 Å². The molecule has 27 heavy (non-hydrogen) atoms. The molecule has 142 valence electrons. The number of rotatable bonds is 4. The number of amides is 2. The third-order valence-corrected chi connectivity index (χ3v) is 5.81. The minimum atomic E-state index is -0.643. The molecule has 0 spiro atoms. The number of nitrogens with zero attached hydrogens (tertiary/aromatic N) is 2. The summed E-state index contributed by atoms with van der Waals surface area (Å²) in [7, 11) is 0. The standard InChI is InChI=1S/C21H23ClN2O3/c22-16-10-8-15(9-11-16)20-21(26)23(17-5-2-1-3-6-17)14-19(25)24(20)13-18-7-4-12-27-18/h4,7-12,17,20H,1-3,5-6,13-14H2. The van der Waals surface area contributed by atoms with Crippen LogP contribution >= 0.6 is 11.6 Å². The highest BCUT2D eigenvalue weighted by molar-refractivity contribution is 6.30. The van der Waals surface area contributed by atoms with Gasteiger partial charge in [0.15, 0.2) is 0 Å². The fraction of sp³-hybridized carbons (Fsp3) is 0.429. The fourth-order valence-corrected chi connectivity index (χ4v) is 4.29. The average molecular weight is 387 g/mol. The van der Waals surface area contributed by atoms with Crippen molar-refractivity contribution in [1.29, 1.82) is 0 Å². The summed E-state index contributed by atoms with van der Waals surface area (Å²) < 4.78 is 5.43. The Morgan fingerprint density at radius 2 is 1.78 bits per heavy atom. The minimum absolute atomic E-state index is 0.00428. The van der Waals surface area contributed by atoms with Crippen molar-refractivity contribution in [2.24, 2.45) is 0 Å². The molecule has 0 radical (unpaired) electrons. The molecule has 1 aliphatic carbocycles. The molecule has 2 heterocycles. The SMILES string of the molecule is O=C1C(c2ccc(Cl)cc2)N(Cc2ccco2)C(=O)CN1C1CCCCC1. The van der Waals surface area contributed by atoms with Crippen LogP contribution in [0.25, 0.3) is 0 Å². The Bertz CT molecular complexity index is 797. The maximum atomic E-state index is 13.5. The zero-order chi connectivity index (χ0) is 18.8. The summed E-state index contributed by atoms with van der Waals surface area (Å²) in [5.41, 5.74) is 0.782. The first-order valence-corrected chi connectivity index (χ1v) is 9.89. The molecule has 1 saturated carbocycles. The molecule has 2 fully saturated rings. The summed E-state index contributed by atoms with van der Waals surface area (Å²) in [6.45, 7) is 0.428. The second-order valence-corrected chi connectivity index (χ2v) is 7.75. The van der Waals surface area contributed by atoms with Crippen LogP contribution in [0.3, 0.4) is 0 Å². The molecule has 1 atom stereocenters. The van der Waals surface area contributed by atoms with Crippen molar-refractivity contribution in [2.75, 3.05) is 6.54 Å². The van der Waals surface area contributed by atoms with Gasteiger partial charge < -0.3 is 14.2 Å². The van der Waals surface area contributed by atoms with E-state index < -0.39 is 6.04 Å². The van der Waals surface area contributed by atoms with Crippen LogP contribution in [0, 0.1) is 0 Å². The maximum absolute atomic E-state index is 13.5. The minimum Gasteiger partial charge on any atom is -0.467 e. The monoisotopic (exact) mass is 386 g/mol. The lowest BCUT2D eigenvalue weighted by Crippen LogP contribution is -2.58. The number of furan rings is 1. The lowest BCUT2D eigenvalue weighted by molar-refractivity contribution is -0.160. The van der Waals surface area contributed by atoms with Crippen LogP contribution in [0.15, 0.2) is 47.1 Å². The third-order valence-electron chi connectivity index (χ3n) is 5.56. The van der Waals surface area contributed by atoms with Crippen LogP contribution in [0.5, 0.6) is 0 Å². The quantitative estimate of drug-likeness (QED) is 0.792. The largest absolute Gasteiger partial charge is 0.467 e. The van der Waals surface area contributed by atoms with Gasteiger partial charge in [0.1, 0.15) is 18.3 Å². The Labute approximate surface area is 163 Å². The fourth-order valence-electron chi connectivity index (χ4n) is 4.17. The first kappa shape index (κ1) is 18.1. The number of halogens is 1. The molecule has 4 rings (SSSR count). The number of carbonyl (C=O) groups is 2. The predicted molar refractivity (Wildman–Crippen MR) is 102 cm³/mol. The number of piperazine rings is 1. The van der Waals surface area contributed by atoms with Gasteiger partial charge in [0.2, 0.25) is 5.91 Å². The Morgan fingerprint density at radius 3 is 2.44 bits per heavy atom. The molecule has 1 aromatic carbocycles. The van der Waals surface area contributed by atoms with Gasteiger partial charge in [0.05, 0.1) is 12.8 Å². The highest BCUT2D eigenvalue weighted by Gasteiger charge is 2.43. The number of carbonyl (C=O) groups excluding carboxylic acids is 2. The molecule has 1 saturated heterocycles. The second-order valence-electron chi connectivity index (χ2n) is 7.31. The van der Waals surface area contributed by atoms with Crippen LogP contribution in [-0.4, -0.2) is 34.2 Å². The number of benzene rings is 1. The van der Waals surface area contributed by atoms with E-state index in [9.17, 15) is 9.59 Å². The molecule has 2 amide bonds. The molecule has 0 N–H and O–H groups in total. The van der Waals surface area contributed by atoms with Gasteiger partial charge in [-0.25, -0.2) is 0 Å². The smallest absolute Gasteiger partial charge is 0.250 e. The van der Waals surface area contributed by atoms with E-state index in [-0.39, 0.29) is 30.9 Å². The Kier molecular flexibility index (Phi) is 5.21. The molecule has 6 heteroatoms. The molecule has 1 aliphatic heterocycles. The van der Waals surface area contributed by atoms with Crippen molar-refractivity contribution in [2.45, 2.75) is 50.7 Å². The summed E-state index contributed by atoms with van der Waals surface area (Å²) in [6.07, 6.45) is 6.97. The van der Waals surface area contributed by atoms with E-state index in [2.05, 4.69) is 0 Å². The molecule has 2 aliphatic rings. The Hall–Kier alpha value is -2.27. The highest BCUT2D eigenvalue weighted by atomic mass is 35.5. The van der Waals surface area contributed by atoms with Crippen molar-refractivity contribution < 1.29 is 14.0 Å². The molecular formula is C21H23ClN2O3. The number of hydrogen-bond donors (Lipinski definition) is 0. The second kappa shape index (κ2) is 7.77. The van der Waals surface area contributed by atoms with Crippen LogP contribution in [0.4, 0.5) is 0 Å². The number of hydrogen-bond acceptors (Lipinski definition) is 3. The van der Waals surface area contributed by atoms with Gasteiger partial charge in [-0.05, 0) is 42.7 Å². The topological polar surface area (TPSA) is 53.8 Å². The van der Waals surface area contributed by atoms with Gasteiger partial charge in [0, 0.05) is 11.1 Å². The molecule has 1 aromatic heterocycles. The summed E-state index contributed by atoms with van der Waals surface area (Å²) in [6, 6.07) is 10.3. The van der Waals surface area contributed by atoms with Gasteiger partial charge in [-0.2, -0.15) is 0 Å². The van der Waals surface area contributed by atoms with Gasteiger partial charge in [0.25, 0.3) is 5.91 Å². The first-order valence-electron chi connectivity index (χ1n) is 9.51. The van der Waals surface area contributed by atoms with Gasteiger partial charge >= 0.3 is 0 Å². The summed E-state index contributed by atoms with van der Waals surface area (Å²) in [4.78, 5) is 29.9. The molecule has 0 bridgehead atoms. The van der Waals surface area contributed by atoms with Crippen LogP contribution in [-0.2, 0) is 16.1 Å². The van der Waals surface area contributed by atoms with Crippen molar-refractivity contribution >= 4 is 23.4 Å². The van der Waals surface area contributed by atoms with Crippen molar-refractivity contribution in [3.63, 3.8) is 0 Å². The molecule has 1 unspecified atom stereocenters. The van der Waals surface area contributed by atoms with E-state index in [1.54, 1.807) is 34.3 Å². The van der Waals surface area contributed by atoms with Crippen LogP contribution in [0.1, 0.15) is 49.5 Å². The molecule has 5 nitrogen and oxygen atoms in total. The first-order chi connectivity index (χ1) is 13.1. The Balaban J connectivity index is 1.67. The van der Waals surface area contributed by atoms with Gasteiger partial charge in [-0.15, -0.1) is 0 Å². The van der Waals surface area contributed by atoms with Crippen molar-refractivity contribution in [3.8, 4) is 0 Å². The van der Waals surface area contributed by atoms with E-state index in [4.69, 9.17) is 16.0 Å². The molecular weight excluding hydrogens is 364 g/mol. The van der Waals surface area contributed by atoms with Gasteiger partial charge in [-0.3, -0.25) is 9.59 Å². The zero-order valence-corrected chi connectivity index (χ0v) is 15.9. The normalized spacial score (nSPS) is 21.7. The molecule has 2 aromatic rings. The Morgan fingerprint density at radius 1 is 1.04 bits per heavy atom. The zero-order valence-electron chi connectivity index (χ0n) is 15.1. The van der Waals surface area contributed by atoms with E-state index in [1.165, 1.54) is 6.42 Å². The van der Waals surface area contributed by atoms with Crippen molar-refractivity contribution in [3.05, 3.63) is 59.0 Å². The van der Waals surface area contributed by atoms with E-state index >= 15 is 0 Å². The summed E-state index contributed by atoms with van der Waals surface area (Å²) >= 11 is 6.03. The van der Waals surface area contributed by atoms with Crippen molar-refractivity contribution in [1.82, 2.24) is 9.80 Å². The highest BCUT2D eigenvalue weighted by Crippen LogP contribution is 2.33. The predicted octanol–water partition coefficient (Wildman–Crippen LogP) is 4.18. The lowest BCUT2D eigenvalue weighted by Gasteiger charge is -2.44. The van der Waals surface area contributed by atoms with E-state index in [1.807, 2.05) is 18.2 Å². The lowest BCUT2D eigenvalue weighted by atomic mass is 9.91. The van der Waals surface area contributed by atoms with E-state index in [0.29, 0.717) is 10.8 Å². The third kappa shape index (κ3) is 3.74. The summed E-state index contributed by atoms with van der Waals surface area (Å²) in [5, 5.41) is 0.607. The average Bonchev–Trinajstić information content (AvgIpc) is 3.20.